The Morgan fingerprint density at radius 1 is 1.30 bits per heavy atom. The molecular weight excluding hydrogens is 376 g/mol. The summed E-state index contributed by atoms with van der Waals surface area (Å²) in [5, 5.41) is 10.7. The minimum atomic E-state index is -0.538. The number of aromatic hydroxyl groups is 1. The van der Waals surface area contributed by atoms with Gasteiger partial charge in [0.25, 0.3) is 0 Å². The van der Waals surface area contributed by atoms with Gasteiger partial charge in [0.05, 0.1) is 7.11 Å². The monoisotopic (exact) mass is 406 g/mol. The van der Waals surface area contributed by atoms with Gasteiger partial charge in [-0.3, -0.25) is 4.79 Å². The van der Waals surface area contributed by atoms with Crippen molar-refractivity contribution in [2.75, 3.05) is 7.11 Å². The minimum Gasteiger partial charge on any atom is -0.507 e. The van der Waals surface area contributed by atoms with Crippen LogP contribution in [-0.2, 0) is 6.42 Å². The Labute approximate surface area is 178 Å². The lowest BCUT2D eigenvalue weighted by Crippen LogP contribution is -2.36. The van der Waals surface area contributed by atoms with E-state index < -0.39 is 5.60 Å². The van der Waals surface area contributed by atoms with Crippen LogP contribution >= 0.6 is 0 Å². The van der Waals surface area contributed by atoms with E-state index in [1.165, 1.54) is 0 Å². The average Bonchev–Trinajstić information content (AvgIpc) is 3.03. The Kier molecular flexibility index (Phi) is 5.35. The zero-order valence-corrected chi connectivity index (χ0v) is 18.1. The number of ether oxygens (including phenoxy) is 2. The lowest BCUT2D eigenvalue weighted by Gasteiger charge is -2.35. The zero-order valence-electron chi connectivity index (χ0n) is 18.1. The number of hydrogen-bond donors (Lipinski definition) is 1. The summed E-state index contributed by atoms with van der Waals surface area (Å²) in [4.78, 5) is 13.2. The van der Waals surface area contributed by atoms with Crippen molar-refractivity contribution in [3.63, 3.8) is 0 Å². The van der Waals surface area contributed by atoms with E-state index in [2.05, 4.69) is 32.9 Å². The highest BCUT2D eigenvalue weighted by Gasteiger charge is 2.50. The number of aryl methyl sites for hydroxylation is 1. The van der Waals surface area contributed by atoms with E-state index in [0.717, 1.165) is 17.5 Å². The Balaban J connectivity index is 1.72. The highest BCUT2D eigenvalue weighted by molar-refractivity contribution is 6.02. The molecule has 0 radical (unpaired) electrons. The highest BCUT2D eigenvalue weighted by atomic mass is 16.5. The molecule has 0 fully saturated rings. The first-order valence-corrected chi connectivity index (χ1v) is 10.7. The van der Waals surface area contributed by atoms with Crippen LogP contribution in [0.3, 0.4) is 0 Å². The Morgan fingerprint density at radius 3 is 2.70 bits per heavy atom. The van der Waals surface area contributed by atoms with Gasteiger partial charge in [-0.05, 0) is 43.2 Å². The summed E-state index contributed by atoms with van der Waals surface area (Å²) in [5.41, 5.74) is 1.76. The number of allylic oxidation sites excluding steroid dienone is 1. The molecular formula is C26H30O4. The summed E-state index contributed by atoms with van der Waals surface area (Å²) in [5.74, 6) is 1.94. The van der Waals surface area contributed by atoms with Gasteiger partial charge in [0.1, 0.15) is 28.4 Å². The molecule has 0 saturated heterocycles. The number of fused-ring (bicyclic) bond motifs is 3. The van der Waals surface area contributed by atoms with Crippen LogP contribution in [0, 0.1) is 11.8 Å². The predicted octanol–water partition coefficient (Wildman–Crippen LogP) is 5.68. The van der Waals surface area contributed by atoms with Crippen LogP contribution in [0.5, 0.6) is 17.2 Å². The maximum Gasteiger partial charge on any atom is 0.170 e. The number of Topliss-reactive ketones (excluding diaryl/α,β-unsaturated/α-hetero) is 1. The molecule has 1 aliphatic carbocycles. The number of hydrogen-bond acceptors (Lipinski definition) is 4. The number of phenols is 1. The molecule has 2 aliphatic rings. The maximum atomic E-state index is 13.2. The molecule has 1 aliphatic heterocycles. The first-order valence-electron chi connectivity index (χ1n) is 10.7. The van der Waals surface area contributed by atoms with Crippen molar-refractivity contribution in [3.8, 4) is 17.2 Å². The molecule has 4 rings (SSSR count). The molecule has 0 aromatic heterocycles. The number of methoxy groups -OCH3 is 1. The van der Waals surface area contributed by atoms with Crippen molar-refractivity contribution in [1.29, 1.82) is 0 Å². The lowest BCUT2D eigenvalue weighted by atomic mass is 9.71. The summed E-state index contributed by atoms with van der Waals surface area (Å²) >= 11 is 0. The van der Waals surface area contributed by atoms with Gasteiger partial charge in [-0.1, -0.05) is 50.3 Å². The number of ketones is 1. The summed E-state index contributed by atoms with van der Waals surface area (Å²) in [6, 6.07) is 11.5. The number of phenolic OH excluding ortho intramolecular Hbond substituents is 1. The SMILES string of the molecule is COc1cc(O)c(C(=O)CCc2ccccc2)c2c1[C@@H]1C[C@@H](C(C)C)C=C[C@]1(C)O2. The van der Waals surface area contributed by atoms with Gasteiger partial charge in [-0.2, -0.15) is 0 Å². The fraction of sp³-hybridized carbons (Fsp3) is 0.423. The second-order valence-electron chi connectivity index (χ2n) is 8.97. The van der Waals surface area contributed by atoms with Gasteiger partial charge in [-0.15, -0.1) is 0 Å². The third-order valence-electron chi connectivity index (χ3n) is 6.64. The van der Waals surface area contributed by atoms with Gasteiger partial charge in [0.2, 0.25) is 0 Å². The third-order valence-corrected chi connectivity index (χ3v) is 6.64. The molecule has 1 heterocycles. The van der Waals surface area contributed by atoms with Crippen LogP contribution in [0.4, 0.5) is 0 Å². The molecule has 158 valence electrons. The molecule has 0 bridgehead atoms. The average molecular weight is 407 g/mol. The van der Waals surface area contributed by atoms with Crippen LogP contribution in [-0.4, -0.2) is 23.6 Å². The summed E-state index contributed by atoms with van der Waals surface area (Å²) in [6.07, 6.45) is 6.22. The van der Waals surface area contributed by atoms with Crippen molar-refractivity contribution < 1.29 is 19.4 Å². The molecule has 30 heavy (non-hydrogen) atoms. The molecule has 0 saturated carbocycles. The molecule has 0 spiro atoms. The van der Waals surface area contributed by atoms with E-state index in [1.54, 1.807) is 13.2 Å². The molecule has 3 atom stereocenters. The topological polar surface area (TPSA) is 55.8 Å². The van der Waals surface area contributed by atoms with E-state index >= 15 is 0 Å². The largest absolute Gasteiger partial charge is 0.507 e. The standard InChI is InChI=1S/C26H30O4/c1-16(2)18-12-13-26(3)19(14-18)23-22(29-4)15-21(28)24(25(23)30-26)20(27)11-10-17-8-6-5-7-9-17/h5-9,12-13,15-16,18-19,28H,10-11,14H2,1-4H3/t18-,19-,26-/m0/s1. The van der Waals surface area contributed by atoms with Gasteiger partial charge in [0, 0.05) is 24.0 Å². The molecule has 1 N–H and O–H groups in total. The van der Waals surface area contributed by atoms with Gasteiger partial charge in [-0.25, -0.2) is 0 Å². The van der Waals surface area contributed by atoms with Crippen LogP contribution in [0.25, 0.3) is 0 Å². The lowest BCUT2D eigenvalue weighted by molar-refractivity contribution is 0.0958. The van der Waals surface area contributed by atoms with E-state index in [0.29, 0.717) is 36.2 Å². The third kappa shape index (κ3) is 3.49. The molecule has 2 aromatic carbocycles. The number of carbonyl (C=O) groups excluding carboxylic acids is 1. The van der Waals surface area contributed by atoms with Gasteiger partial charge in [0.15, 0.2) is 5.78 Å². The van der Waals surface area contributed by atoms with Crippen molar-refractivity contribution in [2.24, 2.45) is 11.8 Å². The minimum absolute atomic E-state index is 0.0738. The van der Waals surface area contributed by atoms with E-state index in [4.69, 9.17) is 9.47 Å². The summed E-state index contributed by atoms with van der Waals surface area (Å²) in [7, 11) is 1.60. The van der Waals surface area contributed by atoms with E-state index in [-0.39, 0.29) is 23.0 Å². The molecule has 4 heteroatoms. The van der Waals surface area contributed by atoms with Crippen LogP contribution < -0.4 is 9.47 Å². The normalized spacial score (nSPS) is 24.3. The quantitative estimate of drug-likeness (QED) is 0.495. The van der Waals surface area contributed by atoms with E-state index in [1.807, 2.05) is 30.3 Å². The van der Waals surface area contributed by atoms with Crippen molar-refractivity contribution in [2.45, 2.75) is 51.6 Å². The first kappa shape index (κ1) is 20.5. The number of carbonyl (C=O) groups is 1. The zero-order chi connectivity index (χ0) is 21.5. The van der Waals surface area contributed by atoms with Gasteiger partial charge >= 0.3 is 0 Å². The molecule has 2 aromatic rings. The molecule has 0 amide bonds. The second-order valence-corrected chi connectivity index (χ2v) is 8.97. The fourth-order valence-corrected chi connectivity index (χ4v) is 4.78. The highest BCUT2D eigenvalue weighted by Crippen LogP contribution is 2.57. The summed E-state index contributed by atoms with van der Waals surface area (Å²) in [6.45, 7) is 6.50. The van der Waals surface area contributed by atoms with Crippen molar-refractivity contribution >= 4 is 5.78 Å². The Hall–Kier alpha value is -2.75. The number of benzene rings is 2. The maximum absolute atomic E-state index is 13.2. The van der Waals surface area contributed by atoms with Crippen LogP contribution in [0.15, 0.2) is 48.6 Å². The van der Waals surface area contributed by atoms with E-state index in [9.17, 15) is 9.90 Å². The van der Waals surface area contributed by atoms with Crippen molar-refractivity contribution in [3.05, 3.63) is 65.2 Å². The molecule has 0 unspecified atom stereocenters. The number of rotatable bonds is 6. The van der Waals surface area contributed by atoms with Crippen molar-refractivity contribution in [1.82, 2.24) is 0 Å². The molecule has 4 nitrogen and oxygen atoms in total. The fourth-order valence-electron chi connectivity index (χ4n) is 4.78. The first-order chi connectivity index (χ1) is 14.3. The predicted molar refractivity (Wildman–Crippen MR) is 118 cm³/mol. The van der Waals surface area contributed by atoms with Crippen LogP contribution in [0.2, 0.25) is 0 Å². The second kappa shape index (κ2) is 7.82. The van der Waals surface area contributed by atoms with Gasteiger partial charge < -0.3 is 14.6 Å². The summed E-state index contributed by atoms with van der Waals surface area (Å²) < 4.78 is 12.0. The van der Waals surface area contributed by atoms with Crippen LogP contribution in [0.1, 0.15) is 61.0 Å². The smallest absolute Gasteiger partial charge is 0.170 e. The Morgan fingerprint density at radius 2 is 2.03 bits per heavy atom. The Bertz CT molecular complexity index is 976.